The van der Waals surface area contributed by atoms with E-state index in [1.54, 1.807) is 30.0 Å². The maximum atomic E-state index is 11.4. The molecule has 0 saturated carbocycles. The predicted molar refractivity (Wildman–Crippen MR) is 73.9 cm³/mol. The van der Waals surface area contributed by atoms with Crippen LogP contribution in [0.15, 0.2) is 43.0 Å². The van der Waals surface area contributed by atoms with E-state index >= 15 is 0 Å². The second-order valence-corrected chi connectivity index (χ2v) is 4.10. The molecule has 0 N–H and O–H groups in total. The summed E-state index contributed by atoms with van der Waals surface area (Å²) in [6.45, 7) is 1.95. The number of ether oxygens (including phenoxy) is 2. The largest absolute Gasteiger partial charge is 0.514 e. The smallest absolute Gasteiger partial charge is 0.434 e. The lowest BCUT2D eigenvalue weighted by Gasteiger charge is -2.04. The number of carbonyl (C=O) groups is 1. The number of aromatic nitrogens is 4. The predicted octanol–water partition coefficient (Wildman–Crippen LogP) is 2.33. The summed E-state index contributed by atoms with van der Waals surface area (Å²) >= 11 is 0. The molecule has 3 rings (SSSR count). The summed E-state index contributed by atoms with van der Waals surface area (Å²) in [6, 6.07) is 5.56. The molecule has 7 heteroatoms. The number of pyridine rings is 1. The number of rotatable bonds is 3. The van der Waals surface area contributed by atoms with Crippen LogP contribution in [0.25, 0.3) is 16.9 Å². The van der Waals surface area contributed by atoms with Crippen LogP contribution in [0.5, 0.6) is 5.75 Å². The molecular formula is C14H12N4O3. The van der Waals surface area contributed by atoms with Crippen molar-refractivity contribution in [1.29, 1.82) is 0 Å². The Hall–Kier alpha value is -2.96. The van der Waals surface area contributed by atoms with E-state index in [0.717, 1.165) is 11.3 Å². The highest BCUT2D eigenvalue weighted by atomic mass is 16.7. The van der Waals surface area contributed by atoms with E-state index in [-0.39, 0.29) is 12.4 Å². The van der Waals surface area contributed by atoms with Gasteiger partial charge in [0, 0.05) is 24.2 Å². The zero-order valence-corrected chi connectivity index (χ0v) is 11.3. The van der Waals surface area contributed by atoms with Gasteiger partial charge in [-0.05, 0) is 25.1 Å². The third-order valence-corrected chi connectivity index (χ3v) is 2.78. The van der Waals surface area contributed by atoms with E-state index in [1.165, 1.54) is 6.20 Å². The topological polar surface area (TPSA) is 78.6 Å². The van der Waals surface area contributed by atoms with Crippen LogP contribution in [0, 0.1) is 0 Å². The van der Waals surface area contributed by atoms with Gasteiger partial charge in [0.2, 0.25) is 0 Å². The Morgan fingerprint density at radius 3 is 2.95 bits per heavy atom. The molecule has 3 aromatic rings. The van der Waals surface area contributed by atoms with Gasteiger partial charge in [-0.15, -0.1) is 0 Å². The molecule has 0 spiro atoms. The molecule has 0 aromatic carbocycles. The van der Waals surface area contributed by atoms with E-state index < -0.39 is 6.16 Å². The average molecular weight is 284 g/mol. The normalized spacial score (nSPS) is 10.5. The van der Waals surface area contributed by atoms with Crippen molar-refractivity contribution >= 4 is 11.8 Å². The van der Waals surface area contributed by atoms with E-state index in [0.29, 0.717) is 5.65 Å². The van der Waals surface area contributed by atoms with E-state index in [9.17, 15) is 4.79 Å². The summed E-state index contributed by atoms with van der Waals surface area (Å²) in [5.74, 6) is 0.249. The molecule has 0 aliphatic carbocycles. The van der Waals surface area contributed by atoms with Gasteiger partial charge in [0.15, 0.2) is 11.4 Å². The SMILES string of the molecule is CCOC(=O)Oc1cnn2c(-c3cccnc3)ccnc12. The third-order valence-electron chi connectivity index (χ3n) is 2.78. The summed E-state index contributed by atoms with van der Waals surface area (Å²) in [5, 5.41) is 4.20. The molecule has 0 aliphatic rings. The molecule has 0 unspecified atom stereocenters. The van der Waals surface area contributed by atoms with Gasteiger partial charge in [-0.3, -0.25) is 4.98 Å². The van der Waals surface area contributed by atoms with Crippen molar-refractivity contribution in [2.24, 2.45) is 0 Å². The van der Waals surface area contributed by atoms with Crippen molar-refractivity contribution in [1.82, 2.24) is 19.6 Å². The second kappa shape index (κ2) is 5.58. The lowest BCUT2D eigenvalue weighted by Crippen LogP contribution is -2.10. The van der Waals surface area contributed by atoms with E-state index in [1.807, 2.05) is 18.2 Å². The minimum Gasteiger partial charge on any atom is -0.434 e. The minimum absolute atomic E-state index is 0.242. The first-order valence-electron chi connectivity index (χ1n) is 6.37. The van der Waals surface area contributed by atoms with Gasteiger partial charge in [-0.25, -0.2) is 14.3 Å². The minimum atomic E-state index is -0.777. The zero-order valence-electron chi connectivity index (χ0n) is 11.3. The molecule has 0 aliphatic heterocycles. The van der Waals surface area contributed by atoms with E-state index in [4.69, 9.17) is 9.47 Å². The van der Waals surface area contributed by atoms with Gasteiger partial charge in [-0.1, -0.05) is 0 Å². The van der Waals surface area contributed by atoms with Crippen molar-refractivity contribution in [2.45, 2.75) is 6.92 Å². The fourth-order valence-corrected chi connectivity index (χ4v) is 1.91. The van der Waals surface area contributed by atoms with Crippen LogP contribution in [0.2, 0.25) is 0 Å². The van der Waals surface area contributed by atoms with Crippen molar-refractivity contribution in [3.63, 3.8) is 0 Å². The Balaban J connectivity index is 2.02. The fraction of sp³-hybridized carbons (Fsp3) is 0.143. The summed E-state index contributed by atoms with van der Waals surface area (Å²) < 4.78 is 11.4. The number of nitrogens with zero attached hydrogens (tertiary/aromatic N) is 4. The van der Waals surface area contributed by atoms with Crippen LogP contribution in [0.1, 0.15) is 6.92 Å². The molecular weight excluding hydrogens is 272 g/mol. The molecule has 106 valence electrons. The molecule has 0 saturated heterocycles. The molecule has 0 radical (unpaired) electrons. The highest BCUT2D eigenvalue weighted by Crippen LogP contribution is 2.23. The standard InChI is InChI=1S/C14H12N4O3/c1-2-20-14(19)21-12-9-17-18-11(5-7-16-13(12)18)10-4-3-6-15-8-10/h3-9H,2H2,1H3. The Labute approximate surface area is 120 Å². The molecule has 0 bridgehead atoms. The van der Waals surface area contributed by atoms with Crippen molar-refractivity contribution < 1.29 is 14.3 Å². The van der Waals surface area contributed by atoms with Gasteiger partial charge in [-0.2, -0.15) is 5.10 Å². The molecule has 0 atom stereocenters. The van der Waals surface area contributed by atoms with Gasteiger partial charge in [0.05, 0.1) is 18.5 Å². The Kier molecular flexibility index (Phi) is 3.46. The van der Waals surface area contributed by atoms with Crippen LogP contribution >= 0.6 is 0 Å². The Morgan fingerprint density at radius 2 is 2.19 bits per heavy atom. The average Bonchev–Trinajstić information content (AvgIpc) is 2.91. The van der Waals surface area contributed by atoms with Gasteiger partial charge in [0.1, 0.15) is 0 Å². The monoisotopic (exact) mass is 284 g/mol. The Bertz CT molecular complexity index is 770. The van der Waals surface area contributed by atoms with Crippen LogP contribution in [-0.4, -0.2) is 32.3 Å². The highest BCUT2D eigenvalue weighted by Gasteiger charge is 2.14. The highest BCUT2D eigenvalue weighted by molar-refractivity contribution is 5.70. The molecule has 7 nitrogen and oxygen atoms in total. The summed E-state index contributed by atoms with van der Waals surface area (Å²) in [6.07, 6.45) is 5.69. The first-order valence-corrected chi connectivity index (χ1v) is 6.37. The van der Waals surface area contributed by atoms with Crippen LogP contribution in [0.3, 0.4) is 0 Å². The lowest BCUT2D eigenvalue weighted by atomic mass is 10.2. The molecule has 0 amide bonds. The first kappa shape index (κ1) is 13.0. The van der Waals surface area contributed by atoms with Gasteiger partial charge < -0.3 is 9.47 Å². The maximum absolute atomic E-state index is 11.4. The first-order chi connectivity index (χ1) is 10.3. The van der Waals surface area contributed by atoms with Crippen molar-refractivity contribution in [3.05, 3.63) is 43.0 Å². The zero-order chi connectivity index (χ0) is 14.7. The number of fused-ring (bicyclic) bond motifs is 1. The maximum Gasteiger partial charge on any atom is 0.514 e. The Morgan fingerprint density at radius 1 is 1.29 bits per heavy atom. The molecule has 3 heterocycles. The van der Waals surface area contributed by atoms with Crippen LogP contribution < -0.4 is 4.74 Å². The third kappa shape index (κ3) is 2.53. The van der Waals surface area contributed by atoms with Crippen molar-refractivity contribution in [3.8, 4) is 17.0 Å². The van der Waals surface area contributed by atoms with E-state index in [2.05, 4.69) is 15.1 Å². The number of hydrogen-bond acceptors (Lipinski definition) is 6. The molecule has 21 heavy (non-hydrogen) atoms. The second-order valence-electron chi connectivity index (χ2n) is 4.10. The quantitative estimate of drug-likeness (QED) is 0.687. The van der Waals surface area contributed by atoms with Crippen LogP contribution in [0.4, 0.5) is 4.79 Å². The van der Waals surface area contributed by atoms with Gasteiger partial charge >= 0.3 is 6.16 Å². The number of hydrogen-bond donors (Lipinski definition) is 0. The van der Waals surface area contributed by atoms with Crippen molar-refractivity contribution in [2.75, 3.05) is 6.61 Å². The van der Waals surface area contributed by atoms with Gasteiger partial charge in [0.25, 0.3) is 0 Å². The fourth-order valence-electron chi connectivity index (χ4n) is 1.91. The summed E-state index contributed by atoms with van der Waals surface area (Å²) in [5.41, 5.74) is 2.12. The summed E-state index contributed by atoms with van der Waals surface area (Å²) in [7, 11) is 0. The molecule has 0 fully saturated rings. The lowest BCUT2D eigenvalue weighted by molar-refractivity contribution is 0.104. The molecule has 3 aromatic heterocycles. The number of carbonyl (C=O) groups excluding carboxylic acids is 1. The van der Waals surface area contributed by atoms with Crippen LogP contribution in [-0.2, 0) is 4.74 Å². The summed E-state index contributed by atoms with van der Waals surface area (Å²) in [4.78, 5) is 19.7.